The number of nitrogens with one attached hydrogen (secondary N) is 2. The minimum Gasteiger partial charge on any atom is -0.493 e. The number of rotatable bonds is 8. The van der Waals surface area contributed by atoms with E-state index in [9.17, 15) is 4.79 Å². The van der Waals surface area contributed by atoms with Gasteiger partial charge in [0.1, 0.15) is 0 Å². The van der Waals surface area contributed by atoms with Crippen molar-refractivity contribution in [3.63, 3.8) is 0 Å². The summed E-state index contributed by atoms with van der Waals surface area (Å²) in [4.78, 5) is 20.3. The number of carbonyl (C=O) groups excluding carboxylic acids is 1. The summed E-state index contributed by atoms with van der Waals surface area (Å²) in [5.74, 6) is 2.38. The summed E-state index contributed by atoms with van der Waals surface area (Å²) in [7, 11) is 9.14. The van der Waals surface area contributed by atoms with Gasteiger partial charge in [-0.2, -0.15) is 0 Å². The van der Waals surface area contributed by atoms with Crippen molar-refractivity contribution in [3.8, 4) is 11.5 Å². The maximum atomic E-state index is 11.9. The van der Waals surface area contributed by atoms with Crippen LogP contribution in [0, 0.1) is 0 Å². The zero-order valence-electron chi connectivity index (χ0n) is 18.5. The van der Waals surface area contributed by atoms with E-state index in [-0.39, 0.29) is 18.0 Å². The molecular formula is C21H35N5O3. The molecule has 1 heterocycles. The lowest BCUT2D eigenvalue weighted by Gasteiger charge is -2.27. The van der Waals surface area contributed by atoms with Crippen LogP contribution in [0.4, 0.5) is 0 Å². The number of benzene rings is 1. The topological polar surface area (TPSA) is 78.4 Å². The highest BCUT2D eigenvalue weighted by Crippen LogP contribution is 2.31. The van der Waals surface area contributed by atoms with Crippen molar-refractivity contribution in [2.75, 3.05) is 55.0 Å². The zero-order chi connectivity index (χ0) is 21.4. The number of likely N-dealkylation sites (tertiary alicyclic amines) is 1. The molecule has 1 aromatic rings. The quantitative estimate of drug-likeness (QED) is 0.504. The van der Waals surface area contributed by atoms with Gasteiger partial charge in [0.05, 0.1) is 20.3 Å². The summed E-state index contributed by atoms with van der Waals surface area (Å²) >= 11 is 0. The molecular weight excluding hydrogens is 370 g/mol. The Morgan fingerprint density at radius 2 is 2.03 bits per heavy atom. The Labute approximate surface area is 174 Å². The molecule has 0 spiro atoms. The van der Waals surface area contributed by atoms with Crippen LogP contribution in [-0.2, 0) is 4.79 Å². The normalized spacial score (nSPS) is 18.0. The van der Waals surface area contributed by atoms with Crippen molar-refractivity contribution in [2.45, 2.75) is 31.8 Å². The van der Waals surface area contributed by atoms with E-state index < -0.39 is 0 Å². The average molecular weight is 406 g/mol. The van der Waals surface area contributed by atoms with Crippen molar-refractivity contribution >= 4 is 11.9 Å². The summed E-state index contributed by atoms with van der Waals surface area (Å²) in [6, 6.07) is 6.32. The van der Waals surface area contributed by atoms with Gasteiger partial charge in [0.15, 0.2) is 17.5 Å². The molecule has 1 aliphatic rings. The Bertz CT molecular complexity index is 708. The molecule has 0 radical (unpaired) electrons. The number of carbonyl (C=O) groups is 1. The van der Waals surface area contributed by atoms with E-state index in [1.165, 1.54) is 0 Å². The Balaban J connectivity index is 1.99. The highest BCUT2D eigenvalue weighted by molar-refractivity contribution is 5.80. The van der Waals surface area contributed by atoms with Gasteiger partial charge in [-0.05, 0) is 38.2 Å². The van der Waals surface area contributed by atoms with Crippen molar-refractivity contribution in [1.82, 2.24) is 20.4 Å². The van der Waals surface area contributed by atoms with Gasteiger partial charge in [0, 0.05) is 39.1 Å². The van der Waals surface area contributed by atoms with E-state index in [2.05, 4.69) is 26.6 Å². The highest BCUT2D eigenvalue weighted by atomic mass is 16.5. The first kappa shape index (κ1) is 22.8. The smallest absolute Gasteiger partial charge is 0.222 e. The maximum Gasteiger partial charge on any atom is 0.222 e. The van der Waals surface area contributed by atoms with E-state index in [0.29, 0.717) is 24.5 Å². The lowest BCUT2D eigenvalue weighted by atomic mass is 10.1. The van der Waals surface area contributed by atoms with Crippen molar-refractivity contribution in [1.29, 1.82) is 0 Å². The van der Waals surface area contributed by atoms with Crippen LogP contribution in [0.3, 0.4) is 0 Å². The number of hydrogen-bond donors (Lipinski definition) is 2. The fraction of sp³-hybridized carbons (Fsp3) is 0.619. The van der Waals surface area contributed by atoms with Gasteiger partial charge in [0.2, 0.25) is 5.91 Å². The average Bonchev–Trinajstić information content (AvgIpc) is 3.20. The molecule has 0 saturated carbocycles. The summed E-state index contributed by atoms with van der Waals surface area (Å²) in [6.07, 6.45) is 1.48. The molecule has 2 rings (SSSR count). The molecule has 2 N–H and O–H groups in total. The van der Waals surface area contributed by atoms with Crippen molar-refractivity contribution in [3.05, 3.63) is 23.8 Å². The van der Waals surface area contributed by atoms with E-state index in [0.717, 1.165) is 31.0 Å². The SMILES string of the molecule is CCC(=O)N1CCC(NC(=NC)NCC(c2ccc(OC)c(OC)c2)N(C)C)C1. The van der Waals surface area contributed by atoms with Gasteiger partial charge in [-0.3, -0.25) is 9.79 Å². The summed E-state index contributed by atoms with van der Waals surface area (Å²) in [6.45, 7) is 4.10. The summed E-state index contributed by atoms with van der Waals surface area (Å²) in [5, 5.41) is 6.86. The fourth-order valence-electron chi connectivity index (χ4n) is 3.57. The zero-order valence-corrected chi connectivity index (χ0v) is 18.5. The summed E-state index contributed by atoms with van der Waals surface area (Å²) < 4.78 is 10.8. The molecule has 1 amide bonds. The molecule has 0 bridgehead atoms. The van der Waals surface area contributed by atoms with E-state index in [1.807, 2.05) is 38.1 Å². The predicted molar refractivity (Wildman–Crippen MR) is 116 cm³/mol. The molecule has 8 nitrogen and oxygen atoms in total. The molecule has 8 heteroatoms. The number of hydrogen-bond acceptors (Lipinski definition) is 5. The number of likely N-dealkylation sites (N-methyl/N-ethyl adjacent to an activating group) is 1. The van der Waals surface area contributed by atoms with E-state index in [1.54, 1.807) is 21.3 Å². The van der Waals surface area contributed by atoms with Gasteiger partial charge in [-0.15, -0.1) is 0 Å². The first-order chi connectivity index (χ1) is 13.9. The van der Waals surface area contributed by atoms with Gasteiger partial charge in [-0.1, -0.05) is 13.0 Å². The van der Waals surface area contributed by atoms with Gasteiger partial charge in [0.25, 0.3) is 0 Å². The lowest BCUT2D eigenvalue weighted by Crippen LogP contribution is -2.47. The van der Waals surface area contributed by atoms with Crippen LogP contribution in [0.25, 0.3) is 0 Å². The lowest BCUT2D eigenvalue weighted by molar-refractivity contribution is -0.129. The molecule has 1 fully saturated rings. The number of methoxy groups -OCH3 is 2. The second kappa shape index (κ2) is 10.9. The van der Waals surface area contributed by atoms with Crippen molar-refractivity contribution < 1.29 is 14.3 Å². The maximum absolute atomic E-state index is 11.9. The minimum absolute atomic E-state index is 0.120. The molecule has 2 unspecified atom stereocenters. The van der Waals surface area contributed by atoms with Crippen LogP contribution in [-0.4, -0.2) is 82.7 Å². The van der Waals surface area contributed by atoms with Crippen LogP contribution in [0.2, 0.25) is 0 Å². The highest BCUT2D eigenvalue weighted by Gasteiger charge is 2.26. The largest absolute Gasteiger partial charge is 0.493 e. The van der Waals surface area contributed by atoms with E-state index in [4.69, 9.17) is 9.47 Å². The van der Waals surface area contributed by atoms with Gasteiger partial charge in [-0.25, -0.2) is 0 Å². The molecule has 1 saturated heterocycles. The predicted octanol–water partition coefficient (Wildman–Crippen LogP) is 1.48. The Morgan fingerprint density at radius 3 is 2.62 bits per heavy atom. The number of ether oxygens (including phenoxy) is 2. The standard InChI is InChI=1S/C21H35N5O3/c1-7-20(27)26-11-10-16(14-26)24-21(22-2)23-13-17(25(3)4)15-8-9-18(28-5)19(12-15)29-6/h8-9,12,16-17H,7,10-11,13-14H2,1-6H3,(H2,22,23,24). The Morgan fingerprint density at radius 1 is 1.31 bits per heavy atom. The second-order valence-corrected chi connectivity index (χ2v) is 7.37. The van der Waals surface area contributed by atoms with E-state index >= 15 is 0 Å². The van der Waals surface area contributed by atoms with Crippen molar-refractivity contribution in [2.24, 2.45) is 4.99 Å². The number of amides is 1. The van der Waals surface area contributed by atoms with Gasteiger partial charge < -0.3 is 29.9 Å². The first-order valence-electron chi connectivity index (χ1n) is 10.1. The van der Waals surface area contributed by atoms with Crippen LogP contribution in [0.15, 0.2) is 23.2 Å². The molecule has 162 valence electrons. The molecule has 0 aromatic heterocycles. The summed E-state index contributed by atoms with van der Waals surface area (Å²) in [5.41, 5.74) is 1.12. The molecule has 1 aromatic carbocycles. The van der Waals surface area contributed by atoms with Crippen LogP contribution in [0.1, 0.15) is 31.4 Å². The van der Waals surface area contributed by atoms with Crippen LogP contribution >= 0.6 is 0 Å². The molecule has 2 atom stereocenters. The van der Waals surface area contributed by atoms with Crippen LogP contribution in [0.5, 0.6) is 11.5 Å². The third kappa shape index (κ3) is 6.00. The second-order valence-electron chi connectivity index (χ2n) is 7.37. The third-order valence-electron chi connectivity index (χ3n) is 5.29. The van der Waals surface area contributed by atoms with Gasteiger partial charge >= 0.3 is 0 Å². The minimum atomic E-state index is 0.120. The number of guanidine groups is 1. The molecule has 0 aliphatic carbocycles. The number of nitrogens with zero attached hydrogens (tertiary/aromatic N) is 3. The molecule has 29 heavy (non-hydrogen) atoms. The monoisotopic (exact) mass is 405 g/mol. The molecule has 1 aliphatic heterocycles. The Hall–Kier alpha value is -2.48. The fourth-order valence-corrected chi connectivity index (χ4v) is 3.57. The first-order valence-corrected chi connectivity index (χ1v) is 10.1. The Kier molecular flexibility index (Phi) is 8.57. The third-order valence-corrected chi connectivity index (χ3v) is 5.29. The number of aliphatic imine (C=N–C) groups is 1. The van der Waals surface area contributed by atoms with Crippen LogP contribution < -0.4 is 20.1 Å².